The summed E-state index contributed by atoms with van der Waals surface area (Å²) in [5, 5.41) is 3.01. The summed E-state index contributed by atoms with van der Waals surface area (Å²) < 4.78 is 12.9. The SMILES string of the molecule is CNc1cn2ccnc2c(OCc2cccc(OC)c2)n1. The van der Waals surface area contributed by atoms with Crippen molar-refractivity contribution >= 4 is 11.5 Å². The molecule has 2 aromatic heterocycles. The number of imidazole rings is 1. The molecule has 0 radical (unpaired) electrons. The third kappa shape index (κ3) is 2.74. The zero-order chi connectivity index (χ0) is 14.7. The Kier molecular flexibility index (Phi) is 3.59. The van der Waals surface area contributed by atoms with E-state index in [9.17, 15) is 0 Å². The first kappa shape index (κ1) is 13.2. The van der Waals surface area contributed by atoms with Gasteiger partial charge in [0.25, 0.3) is 5.88 Å². The van der Waals surface area contributed by atoms with Crippen molar-refractivity contribution in [1.82, 2.24) is 14.4 Å². The summed E-state index contributed by atoms with van der Waals surface area (Å²) in [6.45, 7) is 0.403. The molecule has 0 amide bonds. The van der Waals surface area contributed by atoms with Crippen LogP contribution in [-0.2, 0) is 6.61 Å². The van der Waals surface area contributed by atoms with Gasteiger partial charge in [-0.1, -0.05) is 12.1 Å². The van der Waals surface area contributed by atoms with Gasteiger partial charge in [-0.3, -0.25) is 4.40 Å². The van der Waals surface area contributed by atoms with Gasteiger partial charge in [0.1, 0.15) is 18.2 Å². The Labute approximate surface area is 122 Å². The van der Waals surface area contributed by atoms with E-state index >= 15 is 0 Å². The molecule has 0 saturated carbocycles. The Bertz CT molecular complexity index is 754. The Morgan fingerprint density at radius 3 is 3.05 bits per heavy atom. The average Bonchev–Trinajstić information content (AvgIpc) is 3.01. The molecule has 0 bridgehead atoms. The minimum Gasteiger partial charge on any atom is -0.497 e. The van der Waals surface area contributed by atoms with Crippen molar-refractivity contribution < 1.29 is 9.47 Å². The normalized spacial score (nSPS) is 10.6. The van der Waals surface area contributed by atoms with Gasteiger partial charge in [0.2, 0.25) is 5.65 Å². The van der Waals surface area contributed by atoms with Crippen molar-refractivity contribution in [2.24, 2.45) is 0 Å². The van der Waals surface area contributed by atoms with Crippen molar-refractivity contribution in [3.05, 3.63) is 48.4 Å². The number of ether oxygens (including phenoxy) is 2. The number of nitrogens with one attached hydrogen (secondary N) is 1. The summed E-state index contributed by atoms with van der Waals surface area (Å²) in [5.74, 6) is 2.02. The zero-order valence-corrected chi connectivity index (χ0v) is 11.9. The second kappa shape index (κ2) is 5.70. The number of methoxy groups -OCH3 is 1. The van der Waals surface area contributed by atoms with E-state index in [0.717, 1.165) is 17.1 Å². The Morgan fingerprint density at radius 1 is 1.33 bits per heavy atom. The number of aromatic nitrogens is 3. The molecule has 108 valence electrons. The third-order valence-electron chi connectivity index (χ3n) is 3.11. The first-order chi connectivity index (χ1) is 10.3. The summed E-state index contributed by atoms with van der Waals surface area (Å²) in [6.07, 6.45) is 5.44. The molecule has 0 spiro atoms. The van der Waals surface area contributed by atoms with Gasteiger partial charge in [0, 0.05) is 19.4 Å². The van der Waals surface area contributed by atoms with Crippen LogP contribution >= 0.6 is 0 Å². The molecular formula is C15H16N4O2. The van der Waals surface area contributed by atoms with E-state index in [-0.39, 0.29) is 0 Å². The highest BCUT2D eigenvalue weighted by Gasteiger charge is 2.08. The lowest BCUT2D eigenvalue weighted by molar-refractivity contribution is 0.295. The fraction of sp³-hybridized carbons (Fsp3) is 0.200. The van der Waals surface area contributed by atoms with Crippen LogP contribution < -0.4 is 14.8 Å². The van der Waals surface area contributed by atoms with Crippen LogP contribution in [0.4, 0.5) is 5.82 Å². The van der Waals surface area contributed by atoms with Crippen molar-refractivity contribution in [1.29, 1.82) is 0 Å². The molecule has 3 rings (SSSR count). The second-order valence-electron chi connectivity index (χ2n) is 4.48. The van der Waals surface area contributed by atoms with Crippen LogP contribution in [0.2, 0.25) is 0 Å². The number of benzene rings is 1. The maximum atomic E-state index is 5.82. The predicted molar refractivity (Wildman–Crippen MR) is 79.9 cm³/mol. The van der Waals surface area contributed by atoms with Crippen LogP contribution in [0.1, 0.15) is 5.56 Å². The van der Waals surface area contributed by atoms with Crippen molar-refractivity contribution in [3.8, 4) is 11.6 Å². The Hall–Kier alpha value is -2.76. The van der Waals surface area contributed by atoms with Gasteiger partial charge >= 0.3 is 0 Å². The number of hydrogen-bond donors (Lipinski definition) is 1. The molecular weight excluding hydrogens is 268 g/mol. The topological polar surface area (TPSA) is 60.7 Å². The smallest absolute Gasteiger partial charge is 0.260 e. The molecule has 2 heterocycles. The average molecular weight is 284 g/mol. The lowest BCUT2D eigenvalue weighted by Crippen LogP contribution is -2.03. The van der Waals surface area contributed by atoms with Crippen molar-refractivity contribution in [3.63, 3.8) is 0 Å². The molecule has 1 aromatic carbocycles. The number of fused-ring (bicyclic) bond motifs is 1. The lowest BCUT2D eigenvalue weighted by Gasteiger charge is -2.09. The predicted octanol–water partition coefficient (Wildman–Crippen LogP) is 2.36. The summed E-state index contributed by atoms with van der Waals surface area (Å²) >= 11 is 0. The van der Waals surface area contributed by atoms with Crippen molar-refractivity contribution in [2.75, 3.05) is 19.5 Å². The van der Waals surface area contributed by atoms with Gasteiger partial charge in [-0.15, -0.1) is 0 Å². The van der Waals surface area contributed by atoms with Crippen LogP contribution in [0.3, 0.4) is 0 Å². The number of anilines is 1. The second-order valence-corrected chi connectivity index (χ2v) is 4.48. The molecule has 6 nitrogen and oxygen atoms in total. The largest absolute Gasteiger partial charge is 0.497 e. The summed E-state index contributed by atoms with van der Waals surface area (Å²) in [4.78, 5) is 8.66. The zero-order valence-electron chi connectivity index (χ0n) is 11.9. The van der Waals surface area contributed by atoms with Gasteiger partial charge in [-0.25, -0.2) is 4.98 Å². The molecule has 0 aliphatic rings. The molecule has 1 N–H and O–H groups in total. The highest BCUT2D eigenvalue weighted by atomic mass is 16.5. The van der Waals surface area contributed by atoms with E-state index in [1.165, 1.54) is 0 Å². The highest BCUT2D eigenvalue weighted by molar-refractivity contribution is 5.53. The van der Waals surface area contributed by atoms with Crippen molar-refractivity contribution in [2.45, 2.75) is 6.61 Å². The maximum absolute atomic E-state index is 5.82. The molecule has 0 fully saturated rings. The first-order valence-corrected chi connectivity index (χ1v) is 6.57. The lowest BCUT2D eigenvalue weighted by atomic mass is 10.2. The Morgan fingerprint density at radius 2 is 2.24 bits per heavy atom. The highest BCUT2D eigenvalue weighted by Crippen LogP contribution is 2.20. The van der Waals surface area contributed by atoms with E-state index in [4.69, 9.17) is 9.47 Å². The first-order valence-electron chi connectivity index (χ1n) is 6.57. The fourth-order valence-electron chi connectivity index (χ4n) is 2.03. The third-order valence-corrected chi connectivity index (χ3v) is 3.11. The Balaban J connectivity index is 1.85. The van der Waals surface area contributed by atoms with Crippen LogP contribution in [0.5, 0.6) is 11.6 Å². The number of nitrogens with zero attached hydrogens (tertiary/aromatic N) is 3. The summed E-state index contributed by atoms with van der Waals surface area (Å²) in [6, 6.07) is 7.74. The molecule has 6 heteroatoms. The molecule has 21 heavy (non-hydrogen) atoms. The van der Waals surface area contributed by atoms with Gasteiger partial charge < -0.3 is 14.8 Å². The van der Waals surface area contributed by atoms with Gasteiger partial charge in [0.15, 0.2) is 0 Å². The van der Waals surface area contributed by atoms with E-state index < -0.39 is 0 Å². The molecule has 0 saturated heterocycles. The fourth-order valence-corrected chi connectivity index (χ4v) is 2.03. The number of hydrogen-bond acceptors (Lipinski definition) is 5. The summed E-state index contributed by atoms with van der Waals surface area (Å²) in [7, 11) is 3.46. The van der Waals surface area contributed by atoms with Crippen LogP contribution in [0.15, 0.2) is 42.9 Å². The molecule has 0 unspecified atom stereocenters. The molecule has 0 atom stereocenters. The van der Waals surface area contributed by atoms with E-state index in [1.54, 1.807) is 13.3 Å². The van der Waals surface area contributed by atoms with Gasteiger partial charge in [-0.2, -0.15) is 4.98 Å². The van der Waals surface area contributed by atoms with Gasteiger partial charge in [0.05, 0.1) is 13.3 Å². The minimum absolute atomic E-state index is 0.403. The number of rotatable bonds is 5. The molecule has 0 aliphatic carbocycles. The molecule has 0 aliphatic heterocycles. The quantitative estimate of drug-likeness (QED) is 0.779. The van der Waals surface area contributed by atoms with Gasteiger partial charge in [-0.05, 0) is 17.7 Å². The van der Waals surface area contributed by atoms with Crippen LogP contribution in [0.25, 0.3) is 5.65 Å². The monoisotopic (exact) mass is 284 g/mol. The minimum atomic E-state index is 0.403. The van der Waals surface area contributed by atoms with E-state index in [1.807, 2.05) is 48.1 Å². The van der Waals surface area contributed by atoms with E-state index in [2.05, 4.69) is 15.3 Å². The maximum Gasteiger partial charge on any atom is 0.260 e. The van der Waals surface area contributed by atoms with Crippen LogP contribution in [0, 0.1) is 0 Å². The molecule has 3 aromatic rings. The summed E-state index contributed by atoms with van der Waals surface area (Å²) in [5.41, 5.74) is 1.70. The van der Waals surface area contributed by atoms with Crippen LogP contribution in [-0.4, -0.2) is 28.5 Å². The standard InChI is InChI=1S/C15H16N4O2/c1-16-13-9-19-7-6-17-14(19)15(18-13)21-10-11-4-3-5-12(8-11)20-2/h3-9,16H,10H2,1-2H3. The van der Waals surface area contributed by atoms with E-state index in [0.29, 0.717) is 18.1 Å².